The van der Waals surface area contributed by atoms with E-state index >= 15 is 0 Å². The number of hydrogen-bond acceptors (Lipinski definition) is 4. The Balaban J connectivity index is 1.55. The van der Waals surface area contributed by atoms with Crippen molar-refractivity contribution in [3.8, 4) is 0 Å². The molecule has 2 amide bonds. The third kappa shape index (κ3) is 1.26. The van der Waals surface area contributed by atoms with Gasteiger partial charge in [0.15, 0.2) is 0 Å². The molecule has 0 aromatic heterocycles. The zero-order valence-corrected chi connectivity index (χ0v) is 9.24. The van der Waals surface area contributed by atoms with Crippen molar-refractivity contribution >= 4 is 11.8 Å². The molecule has 0 aromatic rings. The predicted molar refractivity (Wildman–Crippen MR) is 55.3 cm³/mol. The smallest absolute Gasteiger partial charge is 0.258 e. The summed E-state index contributed by atoms with van der Waals surface area (Å²) in [5.41, 5.74) is 0. The van der Waals surface area contributed by atoms with Crippen LogP contribution in [0.25, 0.3) is 0 Å². The Kier molecular flexibility index (Phi) is 1.83. The van der Waals surface area contributed by atoms with Crippen molar-refractivity contribution in [2.45, 2.75) is 12.5 Å². The quantitative estimate of drug-likeness (QED) is 0.396. The van der Waals surface area contributed by atoms with E-state index < -0.39 is 0 Å². The van der Waals surface area contributed by atoms with Gasteiger partial charge in [0, 0.05) is 0 Å². The van der Waals surface area contributed by atoms with Gasteiger partial charge in [0.25, 0.3) is 11.8 Å². The van der Waals surface area contributed by atoms with Crippen LogP contribution in [-0.4, -0.2) is 36.2 Å². The van der Waals surface area contributed by atoms with E-state index in [2.05, 4.69) is 12.2 Å². The van der Waals surface area contributed by atoms with E-state index in [0.29, 0.717) is 13.2 Å². The highest BCUT2D eigenvalue weighted by atomic mass is 16.7. The molecule has 3 fully saturated rings. The lowest BCUT2D eigenvalue weighted by Crippen LogP contribution is -2.34. The van der Waals surface area contributed by atoms with Gasteiger partial charge in [0.05, 0.1) is 18.4 Å². The number of hydroxylamine groups is 2. The maximum atomic E-state index is 12.1. The molecule has 90 valence electrons. The molecule has 5 heteroatoms. The molecule has 2 heterocycles. The maximum Gasteiger partial charge on any atom is 0.258 e. The van der Waals surface area contributed by atoms with E-state index in [4.69, 9.17) is 9.57 Å². The second kappa shape index (κ2) is 3.17. The topological polar surface area (TPSA) is 59.1 Å². The number of epoxide rings is 1. The third-order valence-corrected chi connectivity index (χ3v) is 4.22. The number of hydrogen-bond donors (Lipinski definition) is 0. The molecule has 2 saturated heterocycles. The van der Waals surface area contributed by atoms with Crippen molar-refractivity contribution in [2.75, 3.05) is 13.2 Å². The van der Waals surface area contributed by atoms with E-state index in [9.17, 15) is 9.59 Å². The predicted octanol–water partition coefficient (Wildman–Crippen LogP) is 0.124. The monoisotopic (exact) mass is 235 g/mol. The molecule has 5 nitrogen and oxygen atoms in total. The summed E-state index contributed by atoms with van der Waals surface area (Å²) >= 11 is 0. The van der Waals surface area contributed by atoms with Crippen LogP contribution >= 0.6 is 0 Å². The van der Waals surface area contributed by atoms with Crippen molar-refractivity contribution in [3.63, 3.8) is 0 Å². The van der Waals surface area contributed by atoms with Crippen molar-refractivity contribution in [2.24, 2.45) is 23.7 Å². The Labute approximate surface area is 98.3 Å². The maximum absolute atomic E-state index is 12.1. The first kappa shape index (κ1) is 9.79. The van der Waals surface area contributed by atoms with E-state index in [1.807, 2.05) is 0 Å². The molecule has 5 unspecified atom stereocenters. The zero-order valence-electron chi connectivity index (χ0n) is 9.24. The number of carbonyl (C=O) groups excluding carboxylic acids is 2. The van der Waals surface area contributed by atoms with Crippen molar-refractivity contribution in [3.05, 3.63) is 12.2 Å². The Morgan fingerprint density at radius 2 is 1.82 bits per heavy atom. The first-order valence-corrected chi connectivity index (χ1v) is 6.06. The molecule has 2 bridgehead atoms. The van der Waals surface area contributed by atoms with Crippen molar-refractivity contribution < 1.29 is 19.2 Å². The molecule has 17 heavy (non-hydrogen) atoms. The number of amides is 2. The largest absolute Gasteiger partial charge is 0.371 e. The Morgan fingerprint density at radius 3 is 2.35 bits per heavy atom. The van der Waals surface area contributed by atoms with Gasteiger partial charge in [-0.05, 0) is 18.3 Å². The van der Waals surface area contributed by atoms with E-state index in [0.717, 1.165) is 11.5 Å². The second-order valence-electron chi connectivity index (χ2n) is 5.22. The number of nitrogens with zero attached hydrogens (tertiary/aromatic N) is 1. The van der Waals surface area contributed by atoms with Crippen LogP contribution in [0, 0.1) is 23.7 Å². The minimum atomic E-state index is -0.169. The minimum Gasteiger partial charge on any atom is -0.371 e. The average Bonchev–Trinajstić information content (AvgIpc) is 2.83. The minimum absolute atomic E-state index is 0.0610. The number of allylic oxidation sites excluding steroid dienone is 2. The van der Waals surface area contributed by atoms with Gasteiger partial charge >= 0.3 is 0 Å². The molecule has 4 aliphatic rings. The lowest BCUT2D eigenvalue weighted by atomic mass is 9.85. The molecule has 2 aliphatic carbocycles. The lowest BCUT2D eigenvalue weighted by molar-refractivity contribution is -0.191. The van der Waals surface area contributed by atoms with Crippen LogP contribution in [0.4, 0.5) is 0 Å². The van der Waals surface area contributed by atoms with Crippen molar-refractivity contribution in [1.29, 1.82) is 0 Å². The van der Waals surface area contributed by atoms with Gasteiger partial charge in [-0.3, -0.25) is 14.4 Å². The summed E-state index contributed by atoms with van der Waals surface area (Å²) in [4.78, 5) is 29.5. The van der Waals surface area contributed by atoms with Crippen LogP contribution in [0.2, 0.25) is 0 Å². The molecule has 2 aliphatic heterocycles. The van der Waals surface area contributed by atoms with Crippen LogP contribution in [-0.2, 0) is 19.2 Å². The molecule has 0 spiro atoms. The van der Waals surface area contributed by atoms with Crippen LogP contribution < -0.4 is 0 Å². The summed E-state index contributed by atoms with van der Waals surface area (Å²) in [5, 5.41) is 0.989. The molecule has 1 saturated carbocycles. The summed E-state index contributed by atoms with van der Waals surface area (Å²) in [7, 11) is 0. The number of fused-ring (bicyclic) bond motifs is 5. The van der Waals surface area contributed by atoms with Gasteiger partial charge < -0.3 is 4.74 Å². The highest BCUT2D eigenvalue weighted by molar-refractivity contribution is 6.05. The highest BCUT2D eigenvalue weighted by Gasteiger charge is 2.60. The van der Waals surface area contributed by atoms with Crippen LogP contribution in [0.3, 0.4) is 0 Å². The van der Waals surface area contributed by atoms with Crippen molar-refractivity contribution in [1.82, 2.24) is 5.06 Å². The zero-order chi connectivity index (χ0) is 11.6. The molecular formula is C12H13NO4. The first-order chi connectivity index (χ1) is 8.25. The van der Waals surface area contributed by atoms with Gasteiger partial charge in [-0.1, -0.05) is 12.2 Å². The molecule has 5 atom stereocenters. The normalized spacial score (nSPS) is 45.9. The van der Waals surface area contributed by atoms with Gasteiger partial charge in [-0.25, -0.2) is 0 Å². The molecule has 0 N–H and O–H groups in total. The fraction of sp³-hybridized carbons (Fsp3) is 0.667. The Hall–Kier alpha value is -1.20. The summed E-state index contributed by atoms with van der Waals surface area (Å²) in [6, 6.07) is 0. The summed E-state index contributed by atoms with van der Waals surface area (Å²) < 4.78 is 5.00. The third-order valence-electron chi connectivity index (χ3n) is 4.22. The lowest BCUT2D eigenvalue weighted by Gasteiger charge is -2.15. The van der Waals surface area contributed by atoms with Gasteiger partial charge in [-0.15, -0.1) is 0 Å². The Morgan fingerprint density at radius 1 is 1.24 bits per heavy atom. The fourth-order valence-corrected chi connectivity index (χ4v) is 3.32. The number of rotatable bonds is 3. The molecular weight excluding hydrogens is 222 g/mol. The van der Waals surface area contributed by atoms with E-state index in [-0.39, 0.29) is 41.6 Å². The number of ether oxygens (including phenoxy) is 1. The highest BCUT2D eigenvalue weighted by Crippen LogP contribution is 2.52. The molecule has 4 rings (SSSR count). The van der Waals surface area contributed by atoms with Gasteiger partial charge in [0.2, 0.25) is 0 Å². The summed E-state index contributed by atoms with van der Waals surface area (Å²) in [5.74, 6) is -0.162. The van der Waals surface area contributed by atoms with Gasteiger partial charge in [-0.2, -0.15) is 5.06 Å². The van der Waals surface area contributed by atoms with Crippen LogP contribution in [0.1, 0.15) is 6.42 Å². The van der Waals surface area contributed by atoms with E-state index in [1.165, 1.54) is 0 Å². The average molecular weight is 235 g/mol. The second-order valence-corrected chi connectivity index (χ2v) is 5.22. The van der Waals surface area contributed by atoms with Crippen LogP contribution in [0.5, 0.6) is 0 Å². The van der Waals surface area contributed by atoms with E-state index in [1.54, 1.807) is 0 Å². The fourth-order valence-electron chi connectivity index (χ4n) is 3.32. The SMILES string of the molecule is O=C1C2C3C=CC(C3)C2C(=O)N1OCC1CO1. The Bertz CT molecular complexity index is 398. The molecule has 0 aromatic carbocycles. The summed E-state index contributed by atoms with van der Waals surface area (Å²) in [6.45, 7) is 0.968. The number of carbonyl (C=O) groups is 2. The standard InChI is InChI=1S/C12H13NO4/c14-11-9-6-1-2-7(3-6)10(9)12(15)13(11)17-5-8-4-16-8/h1-2,6-10H,3-5H2. The van der Waals surface area contributed by atoms with Crippen LogP contribution in [0.15, 0.2) is 12.2 Å². The first-order valence-electron chi connectivity index (χ1n) is 6.06. The summed E-state index contributed by atoms with van der Waals surface area (Å²) in [6.07, 6.45) is 5.16. The molecule has 0 radical (unpaired) electrons. The number of imide groups is 1. The van der Waals surface area contributed by atoms with Gasteiger partial charge in [0.1, 0.15) is 12.7 Å².